The van der Waals surface area contributed by atoms with Crippen LogP contribution in [0.15, 0.2) is 23.1 Å². The highest BCUT2D eigenvalue weighted by atomic mass is 32.2. The van der Waals surface area contributed by atoms with Crippen LogP contribution in [-0.2, 0) is 19.6 Å². The SMILES string of the molecule is O=C1NC(=O)c2cc(S(=O)(=O)N3CCN(C(=O)CN4CCOCC4)CC3)ccc21. The Bertz CT molecular complexity index is 949. The monoisotopic (exact) mass is 422 g/mol. The molecule has 0 bridgehead atoms. The molecule has 0 saturated carbocycles. The molecule has 29 heavy (non-hydrogen) atoms. The average Bonchev–Trinajstić information content (AvgIpc) is 3.02. The second-order valence-electron chi connectivity index (χ2n) is 7.16. The lowest BCUT2D eigenvalue weighted by molar-refractivity contribution is -0.134. The molecule has 10 nitrogen and oxygen atoms in total. The van der Waals surface area contributed by atoms with Gasteiger partial charge >= 0.3 is 0 Å². The van der Waals surface area contributed by atoms with Crippen LogP contribution in [0.4, 0.5) is 0 Å². The first kappa shape index (κ1) is 20.0. The Hall–Kier alpha value is -2.34. The molecule has 0 atom stereocenters. The molecule has 4 rings (SSSR count). The lowest BCUT2D eigenvalue weighted by atomic mass is 10.1. The van der Waals surface area contributed by atoms with Crippen molar-refractivity contribution >= 4 is 27.7 Å². The molecule has 1 N–H and O–H groups in total. The Kier molecular flexibility index (Phi) is 5.38. The molecule has 2 saturated heterocycles. The molecule has 0 spiro atoms. The van der Waals surface area contributed by atoms with E-state index in [1.165, 1.54) is 22.5 Å². The standard InChI is InChI=1S/C18H22N4O6S/c23-16(12-20-7-9-28-10-8-20)21-3-5-22(6-4-21)29(26,27)13-1-2-14-15(11-13)18(25)19-17(14)24/h1-2,11H,3-10,12H2,(H,19,24,25). The fraction of sp³-hybridized carbons (Fsp3) is 0.500. The number of rotatable bonds is 4. The first-order valence-corrected chi connectivity index (χ1v) is 10.9. The highest BCUT2D eigenvalue weighted by molar-refractivity contribution is 7.89. The third-order valence-electron chi connectivity index (χ3n) is 5.40. The summed E-state index contributed by atoms with van der Waals surface area (Å²) in [6.45, 7) is 3.96. The van der Waals surface area contributed by atoms with E-state index in [4.69, 9.17) is 4.74 Å². The fourth-order valence-corrected chi connectivity index (χ4v) is 5.13. The van der Waals surface area contributed by atoms with Crippen molar-refractivity contribution in [1.82, 2.24) is 19.4 Å². The number of carbonyl (C=O) groups is 3. The summed E-state index contributed by atoms with van der Waals surface area (Å²) in [4.78, 5) is 39.6. The van der Waals surface area contributed by atoms with E-state index >= 15 is 0 Å². The predicted octanol–water partition coefficient (Wildman–Crippen LogP) is -1.26. The van der Waals surface area contributed by atoms with Gasteiger partial charge in [0.05, 0.1) is 35.8 Å². The van der Waals surface area contributed by atoms with Crippen molar-refractivity contribution < 1.29 is 27.5 Å². The Morgan fingerprint density at radius 1 is 0.966 bits per heavy atom. The number of carbonyl (C=O) groups excluding carboxylic acids is 3. The maximum atomic E-state index is 13.0. The topological polar surface area (TPSA) is 116 Å². The number of amides is 3. The van der Waals surface area contributed by atoms with E-state index in [1.54, 1.807) is 4.90 Å². The molecule has 3 aliphatic rings. The van der Waals surface area contributed by atoms with Crippen molar-refractivity contribution in [3.8, 4) is 0 Å². The predicted molar refractivity (Wildman–Crippen MR) is 101 cm³/mol. The maximum absolute atomic E-state index is 13.0. The van der Waals surface area contributed by atoms with Crippen LogP contribution < -0.4 is 5.32 Å². The van der Waals surface area contributed by atoms with Gasteiger partial charge in [0.25, 0.3) is 11.8 Å². The zero-order chi connectivity index (χ0) is 20.6. The van der Waals surface area contributed by atoms with Gasteiger partial charge in [-0.2, -0.15) is 4.31 Å². The van der Waals surface area contributed by atoms with Gasteiger partial charge in [0.2, 0.25) is 15.9 Å². The third kappa shape index (κ3) is 3.90. The van der Waals surface area contributed by atoms with Crippen molar-refractivity contribution in [1.29, 1.82) is 0 Å². The summed E-state index contributed by atoms with van der Waals surface area (Å²) in [5.41, 5.74) is 0.239. The van der Waals surface area contributed by atoms with Gasteiger partial charge in [-0.1, -0.05) is 0 Å². The van der Waals surface area contributed by atoms with Crippen LogP contribution in [0.5, 0.6) is 0 Å². The van der Waals surface area contributed by atoms with Crippen LogP contribution in [-0.4, -0.2) is 99.3 Å². The minimum Gasteiger partial charge on any atom is -0.379 e. The summed E-state index contributed by atoms with van der Waals surface area (Å²) < 4.78 is 32.5. The number of nitrogens with zero attached hydrogens (tertiary/aromatic N) is 3. The van der Waals surface area contributed by atoms with Gasteiger partial charge in [0, 0.05) is 39.3 Å². The van der Waals surface area contributed by atoms with Crippen LogP contribution in [0.25, 0.3) is 0 Å². The van der Waals surface area contributed by atoms with E-state index in [1.807, 2.05) is 4.90 Å². The summed E-state index contributed by atoms with van der Waals surface area (Å²) in [6, 6.07) is 3.92. The number of hydrogen-bond donors (Lipinski definition) is 1. The molecule has 3 amide bonds. The van der Waals surface area contributed by atoms with Crippen LogP contribution in [0.3, 0.4) is 0 Å². The van der Waals surface area contributed by atoms with E-state index in [9.17, 15) is 22.8 Å². The fourth-order valence-electron chi connectivity index (χ4n) is 3.68. The molecule has 0 radical (unpaired) electrons. The molecule has 0 aromatic heterocycles. The molecular weight excluding hydrogens is 400 g/mol. The molecule has 156 valence electrons. The first-order valence-electron chi connectivity index (χ1n) is 9.44. The number of nitrogens with one attached hydrogen (secondary N) is 1. The first-order chi connectivity index (χ1) is 13.9. The Morgan fingerprint density at radius 2 is 1.62 bits per heavy atom. The number of sulfonamides is 1. The molecule has 0 unspecified atom stereocenters. The normalized spacial score (nSPS) is 21.2. The summed E-state index contributed by atoms with van der Waals surface area (Å²) in [7, 11) is -3.82. The van der Waals surface area contributed by atoms with Gasteiger partial charge < -0.3 is 9.64 Å². The lowest BCUT2D eigenvalue weighted by Gasteiger charge is -2.35. The highest BCUT2D eigenvalue weighted by Gasteiger charge is 2.33. The summed E-state index contributed by atoms with van der Waals surface area (Å²) in [5, 5.41) is 2.15. The van der Waals surface area contributed by atoms with E-state index < -0.39 is 21.8 Å². The number of morpholine rings is 1. The van der Waals surface area contributed by atoms with Crippen molar-refractivity contribution in [2.45, 2.75) is 4.90 Å². The Morgan fingerprint density at radius 3 is 2.31 bits per heavy atom. The minimum atomic E-state index is -3.82. The third-order valence-corrected chi connectivity index (χ3v) is 7.29. The van der Waals surface area contributed by atoms with Gasteiger partial charge in [0.1, 0.15) is 0 Å². The second-order valence-corrected chi connectivity index (χ2v) is 9.10. The molecular formula is C18H22N4O6S. The van der Waals surface area contributed by atoms with E-state index in [0.29, 0.717) is 45.9 Å². The summed E-state index contributed by atoms with van der Waals surface area (Å²) in [6.07, 6.45) is 0. The lowest BCUT2D eigenvalue weighted by Crippen LogP contribution is -2.53. The van der Waals surface area contributed by atoms with E-state index in [0.717, 1.165) is 0 Å². The molecule has 3 heterocycles. The van der Waals surface area contributed by atoms with E-state index in [-0.39, 0.29) is 35.0 Å². The molecule has 1 aromatic rings. The summed E-state index contributed by atoms with van der Waals surface area (Å²) >= 11 is 0. The van der Waals surface area contributed by atoms with Crippen molar-refractivity contribution in [2.75, 3.05) is 59.0 Å². The Labute approximate surface area is 168 Å². The quantitative estimate of drug-likeness (QED) is 0.602. The van der Waals surface area contributed by atoms with Crippen LogP contribution >= 0.6 is 0 Å². The van der Waals surface area contributed by atoms with Crippen LogP contribution in [0.1, 0.15) is 20.7 Å². The zero-order valence-corrected chi connectivity index (χ0v) is 16.6. The average molecular weight is 422 g/mol. The molecule has 0 aliphatic carbocycles. The molecule has 2 fully saturated rings. The van der Waals surface area contributed by atoms with Crippen molar-refractivity contribution in [3.63, 3.8) is 0 Å². The molecule has 11 heteroatoms. The smallest absolute Gasteiger partial charge is 0.258 e. The highest BCUT2D eigenvalue weighted by Crippen LogP contribution is 2.23. The van der Waals surface area contributed by atoms with Gasteiger partial charge in [-0.3, -0.25) is 24.6 Å². The molecule has 3 aliphatic heterocycles. The van der Waals surface area contributed by atoms with Crippen LogP contribution in [0.2, 0.25) is 0 Å². The number of fused-ring (bicyclic) bond motifs is 1. The van der Waals surface area contributed by atoms with Gasteiger partial charge in [-0.05, 0) is 18.2 Å². The van der Waals surface area contributed by atoms with Gasteiger partial charge in [-0.15, -0.1) is 0 Å². The summed E-state index contributed by atoms with van der Waals surface area (Å²) in [5.74, 6) is -1.14. The number of hydrogen-bond acceptors (Lipinski definition) is 7. The number of piperazine rings is 1. The Balaban J connectivity index is 1.40. The number of ether oxygens (including phenoxy) is 1. The van der Waals surface area contributed by atoms with Crippen LogP contribution in [0, 0.1) is 0 Å². The maximum Gasteiger partial charge on any atom is 0.258 e. The van der Waals surface area contributed by atoms with Gasteiger partial charge in [-0.25, -0.2) is 8.42 Å². The van der Waals surface area contributed by atoms with Crippen molar-refractivity contribution in [2.24, 2.45) is 0 Å². The zero-order valence-electron chi connectivity index (χ0n) is 15.8. The molecule has 1 aromatic carbocycles. The minimum absolute atomic E-state index is 0.0170. The number of benzene rings is 1. The second kappa shape index (κ2) is 7.82. The van der Waals surface area contributed by atoms with Crippen molar-refractivity contribution in [3.05, 3.63) is 29.3 Å². The van der Waals surface area contributed by atoms with Gasteiger partial charge in [0.15, 0.2) is 0 Å². The largest absolute Gasteiger partial charge is 0.379 e. The van der Waals surface area contributed by atoms with E-state index in [2.05, 4.69) is 5.32 Å². The number of imide groups is 1.